The molecule has 0 atom stereocenters. The van der Waals surface area contributed by atoms with Crippen molar-refractivity contribution in [2.24, 2.45) is 0 Å². The van der Waals surface area contributed by atoms with Crippen LogP contribution in [-0.2, 0) is 0 Å². The first-order valence-corrected chi connectivity index (χ1v) is 6.33. The molecule has 2 rings (SSSR count). The minimum atomic E-state index is -0.515. The molecule has 0 aliphatic rings. The van der Waals surface area contributed by atoms with Gasteiger partial charge in [-0.3, -0.25) is 4.79 Å². The lowest BCUT2D eigenvalue weighted by atomic mass is 10.3. The van der Waals surface area contributed by atoms with Gasteiger partial charge >= 0.3 is 0 Å². The fourth-order valence-corrected chi connectivity index (χ4v) is 2.13. The molecular formula is C10H4BrCl3N2O. The summed E-state index contributed by atoms with van der Waals surface area (Å²) >= 11 is 20.6. The van der Waals surface area contributed by atoms with Crippen molar-refractivity contribution in [3.63, 3.8) is 0 Å². The molecule has 88 valence electrons. The van der Waals surface area contributed by atoms with Crippen LogP contribution in [-0.4, -0.2) is 9.78 Å². The van der Waals surface area contributed by atoms with E-state index in [-0.39, 0.29) is 15.2 Å². The second kappa shape index (κ2) is 4.98. The van der Waals surface area contributed by atoms with Crippen molar-refractivity contribution in [2.45, 2.75) is 0 Å². The molecule has 1 aromatic heterocycles. The topological polar surface area (TPSA) is 34.9 Å². The highest BCUT2D eigenvalue weighted by Gasteiger charge is 2.13. The van der Waals surface area contributed by atoms with Gasteiger partial charge in [-0.15, -0.1) is 0 Å². The zero-order chi connectivity index (χ0) is 12.6. The van der Waals surface area contributed by atoms with Gasteiger partial charge in [0.05, 0.1) is 5.69 Å². The van der Waals surface area contributed by atoms with E-state index < -0.39 is 5.56 Å². The van der Waals surface area contributed by atoms with Gasteiger partial charge in [-0.05, 0) is 18.2 Å². The molecule has 0 bridgehead atoms. The maximum absolute atomic E-state index is 11.9. The van der Waals surface area contributed by atoms with Gasteiger partial charge in [-0.2, -0.15) is 9.78 Å². The molecule has 0 unspecified atom stereocenters. The summed E-state index contributed by atoms with van der Waals surface area (Å²) in [6.07, 6.45) is 0. The van der Waals surface area contributed by atoms with Crippen molar-refractivity contribution in [1.82, 2.24) is 9.78 Å². The number of rotatable bonds is 1. The summed E-state index contributed by atoms with van der Waals surface area (Å²) in [6, 6.07) is 7.02. The van der Waals surface area contributed by atoms with E-state index in [0.29, 0.717) is 5.69 Å². The normalized spacial score (nSPS) is 10.6. The monoisotopic (exact) mass is 352 g/mol. The fourth-order valence-electron chi connectivity index (χ4n) is 1.24. The second-order valence-corrected chi connectivity index (χ2v) is 5.15. The molecule has 0 fully saturated rings. The lowest BCUT2D eigenvalue weighted by Crippen LogP contribution is -2.22. The lowest BCUT2D eigenvalue weighted by Gasteiger charge is -2.07. The Labute approximate surface area is 120 Å². The number of halogens is 4. The van der Waals surface area contributed by atoms with Gasteiger partial charge in [0, 0.05) is 4.47 Å². The van der Waals surface area contributed by atoms with E-state index in [0.717, 1.165) is 9.15 Å². The largest absolute Gasteiger partial charge is 0.291 e. The fraction of sp³-hybridized carbons (Fsp3) is 0. The van der Waals surface area contributed by atoms with Gasteiger partial charge in [0.25, 0.3) is 5.56 Å². The molecule has 0 aliphatic heterocycles. The minimum absolute atomic E-state index is 0.0174. The van der Waals surface area contributed by atoms with Crippen molar-refractivity contribution < 1.29 is 0 Å². The van der Waals surface area contributed by atoms with Crippen LogP contribution in [0.1, 0.15) is 0 Å². The smallest absolute Gasteiger partial charge is 0.266 e. The Bertz CT molecular complexity index is 642. The summed E-state index contributed by atoms with van der Waals surface area (Å²) in [5.74, 6) is 0. The Kier molecular flexibility index (Phi) is 3.78. The van der Waals surface area contributed by atoms with Crippen LogP contribution in [0.4, 0.5) is 0 Å². The van der Waals surface area contributed by atoms with Crippen LogP contribution in [0.15, 0.2) is 33.5 Å². The SMILES string of the molecule is O=c1c(Cl)c(Cl)c(Cl)nn1-c1cccc(Br)c1. The van der Waals surface area contributed by atoms with Crippen LogP contribution < -0.4 is 5.56 Å². The van der Waals surface area contributed by atoms with Crippen molar-refractivity contribution in [3.05, 3.63) is 54.3 Å². The summed E-state index contributed by atoms with van der Waals surface area (Å²) in [7, 11) is 0. The van der Waals surface area contributed by atoms with E-state index in [2.05, 4.69) is 21.0 Å². The maximum atomic E-state index is 11.9. The Morgan fingerprint density at radius 1 is 1.18 bits per heavy atom. The average molecular weight is 354 g/mol. The summed E-state index contributed by atoms with van der Waals surface area (Å²) < 4.78 is 1.91. The second-order valence-electron chi connectivity index (χ2n) is 3.12. The first-order valence-electron chi connectivity index (χ1n) is 4.40. The molecule has 17 heavy (non-hydrogen) atoms. The van der Waals surface area contributed by atoms with Crippen LogP contribution >= 0.6 is 50.7 Å². The number of hydrogen-bond acceptors (Lipinski definition) is 2. The Morgan fingerprint density at radius 3 is 2.53 bits per heavy atom. The predicted octanol–water partition coefficient (Wildman–Crippen LogP) is 3.96. The number of aromatic nitrogens is 2. The molecular weight excluding hydrogens is 350 g/mol. The zero-order valence-electron chi connectivity index (χ0n) is 8.12. The van der Waals surface area contributed by atoms with Crippen molar-refractivity contribution in [1.29, 1.82) is 0 Å². The van der Waals surface area contributed by atoms with Crippen LogP contribution in [0.3, 0.4) is 0 Å². The first-order chi connectivity index (χ1) is 8.00. The standard InChI is InChI=1S/C10H4BrCl3N2O/c11-5-2-1-3-6(4-5)16-10(17)8(13)7(12)9(14)15-16/h1-4H. The number of benzene rings is 1. The summed E-state index contributed by atoms with van der Waals surface area (Å²) in [5, 5.41) is 3.68. The van der Waals surface area contributed by atoms with Gasteiger partial charge in [0.1, 0.15) is 10.0 Å². The Morgan fingerprint density at radius 2 is 1.88 bits per heavy atom. The van der Waals surface area contributed by atoms with Crippen LogP contribution in [0, 0.1) is 0 Å². The Balaban J connectivity index is 2.73. The van der Waals surface area contributed by atoms with Crippen LogP contribution in [0.25, 0.3) is 5.69 Å². The highest BCUT2D eigenvalue weighted by Crippen LogP contribution is 2.25. The van der Waals surface area contributed by atoms with E-state index in [9.17, 15) is 4.79 Å². The predicted molar refractivity (Wildman–Crippen MR) is 72.6 cm³/mol. The first kappa shape index (κ1) is 12.9. The Hall–Kier alpha value is -0.550. The van der Waals surface area contributed by atoms with Gasteiger partial charge < -0.3 is 0 Å². The molecule has 2 aromatic rings. The molecule has 1 aromatic carbocycles. The molecule has 0 saturated carbocycles. The maximum Gasteiger partial charge on any atom is 0.291 e. The van der Waals surface area contributed by atoms with E-state index in [4.69, 9.17) is 34.8 Å². The van der Waals surface area contributed by atoms with Crippen LogP contribution in [0.2, 0.25) is 15.2 Å². The van der Waals surface area contributed by atoms with Gasteiger partial charge in [0.2, 0.25) is 0 Å². The van der Waals surface area contributed by atoms with E-state index in [1.54, 1.807) is 18.2 Å². The summed E-state index contributed by atoms with van der Waals surface area (Å²) in [6.45, 7) is 0. The van der Waals surface area contributed by atoms with Gasteiger partial charge in [0.15, 0.2) is 5.15 Å². The third-order valence-electron chi connectivity index (χ3n) is 1.99. The number of nitrogens with zero attached hydrogens (tertiary/aromatic N) is 2. The number of hydrogen-bond donors (Lipinski definition) is 0. The molecule has 0 spiro atoms. The van der Waals surface area contributed by atoms with Gasteiger partial charge in [-0.25, -0.2) is 0 Å². The van der Waals surface area contributed by atoms with Crippen LogP contribution in [0.5, 0.6) is 0 Å². The molecule has 1 heterocycles. The third kappa shape index (κ3) is 2.50. The van der Waals surface area contributed by atoms with Crippen molar-refractivity contribution >= 4 is 50.7 Å². The summed E-state index contributed by atoms with van der Waals surface area (Å²) in [4.78, 5) is 11.9. The highest BCUT2D eigenvalue weighted by atomic mass is 79.9. The van der Waals surface area contributed by atoms with E-state index in [1.807, 2.05) is 6.07 Å². The summed E-state index contributed by atoms with van der Waals surface area (Å²) in [5.41, 5.74) is 0.0315. The zero-order valence-corrected chi connectivity index (χ0v) is 12.0. The quantitative estimate of drug-likeness (QED) is 0.777. The average Bonchev–Trinajstić information content (AvgIpc) is 2.31. The third-order valence-corrected chi connectivity index (χ3v) is 3.66. The van der Waals surface area contributed by atoms with Crippen molar-refractivity contribution in [2.75, 3.05) is 0 Å². The molecule has 0 amide bonds. The molecule has 0 saturated heterocycles. The molecule has 0 aliphatic carbocycles. The highest BCUT2D eigenvalue weighted by molar-refractivity contribution is 9.10. The van der Waals surface area contributed by atoms with E-state index >= 15 is 0 Å². The lowest BCUT2D eigenvalue weighted by molar-refractivity contribution is 0.807. The molecule has 7 heteroatoms. The molecule has 3 nitrogen and oxygen atoms in total. The van der Waals surface area contributed by atoms with E-state index in [1.165, 1.54) is 0 Å². The molecule has 0 N–H and O–H groups in total. The minimum Gasteiger partial charge on any atom is -0.266 e. The van der Waals surface area contributed by atoms with Gasteiger partial charge in [-0.1, -0.05) is 56.8 Å². The molecule has 0 radical (unpaired) electrons. The van der Waals surface area contributed by atoms with Crippen molar-refractivity contribution in [3.8, 4) is 5.69 Å².